The number of pyridine rings is 1. The minimum Gasteiger partial charge on any atom is -0.354 e. The van der Waals surface area contributed by atoms with Gasteiger partial charge in [-0.25, -0.2) is 15.0 Å². The van der Waals surface area contributed by atoms with Gasteiger partial charge in [-0.05, 0) is 12.1 Å². The summed E-state index contributed by atoms with van der Waals surface area (Å²) in [5.41, 5.74) is 0.821. The monoisotopic (exact) mass is 455 g/mol. The first-order valence-corrected chi connectivity index (χ1v) is 11.2. The molecule has 5 heterocycles. The fourth-order valence-corrected chi connectivity index (χ4v) is 4.46. The number of rotatable bonds is 4. The minimum atomic E-state index is 0.192. The smallest absolute Gasteiger partial charge is 0.236 e. The second-order valence-electron chi connectivity index (χ2n) is 8.17. The molecule has 0 atom stereocenters. The zero-order chi connectivity index (χ0) is 22.1. The van der Waals surface area contributed by atoms with E-state index in [2.05, 4.69) is 34.8 Å². The SMILES string of the molecule is Cn1ncc2c(N3CCN(C(=O)CN4CCN(c5ccc(Cl)cn5)CC4)CC3)ncnc21. The molecule has 0 N–H and O–H groups in total. The molecule has 168 valence electrons. The maximum atomic E-state index is 12.9. The van der Waals surface area contributed by atoms with Crippen LogP contribution in [0.3, 0.4) is 0 Å². The van der Waals surface area contributed by atoms with Crippen molar-refractivity contribution in [1.29, 1.82) is 0 Å². The van der Waals surface area contributed by atoms with Gasteiger partial charge in [0.05, 0.1) is 23.2 Å². The topological polar surface area (TPSA) is 86.5 Å². The molecule has 0 saturated carbocycles. The standard InChI is InChI=1S/C21H26ClN9O/c1-27-20-17(13-26-27)21(25-15-24-20)31-10-8-30(9-11-31)19(32)14-28-4-6-29(7-5-28)18-3-2-16(22)12-23-18/h2-3,12-13,15H,4-11,14H2,1H3. The molecule has 2 aliphatic heterocycles. The number of aromatic nitrogens is 5. The first kappa shape index (κ1) is 20.9. The Kier molecular flexibility index (Phi) is 5.79. The van der Waals surface area contributed by atoms with Gasteiger partial charge in [0.1, 0.15) is 18.0 Å². The van der Waals surface area contributed by atoms with Gasteiger partial charge >= 0.3 is 0 Å². The molecule has 2 saturated heterocycles. The first-order valence-electron chi connectivity index (χ1n) is 10.8. The lowest BCUT2D eigenvalue weighted by atomic mass is 10.2. The number of hydrogen-bond acceptors (Lipinski definition) is 8. The van der Waals surface area contributed by atoms with E-state index in [1.807, 2.05) is 24.1 Å². The Balaban J connectivity index is 1.12. The van der Waals surface area contributed by atoms with Gasteiger partial charge in [0.15, 0.2) is 5.65 Å². The quantitative estimate of drug-likeness (QED) is 0.573. The van der Waals surface area contributed by atoms with E-state index in [1.165, 1.54) is 0 Å². The fourth-order valence-electron chi connectivity index (χ4n) is 4.35. The van der Waals surface area contributed by atoms with Crippen LogP contribution in [0.15, 0.2) is 30.9 Å². The van der Waals surface area contributed by atoms with E-state index >= 15 is 0 Å². The normalized spacial score (nSPS) is 17.9. The van der Waals surface area contributed by atoms with Crippen molar-refractivity contribution < 1.29 is 4.79 Å². The summed E-state index contributed by atoms with van der Waals surface area (Å²) in [6, 6.07) is 3.81. The van der Waals surface area contributed by atoms with Crippen LogP contribution in [0.1, 0.15) is 0 Å². The molecule has 1 amide bonds. The maximum absolute atomic E-state index is 12.9. The summed E-state index contributed by atoms with van der Waals surface area (Å²) in [5.74, 6) is 2.02. The number of piperazine rings is 2. The number of anilines is 2. The van der Waals surface area contributed by atoms with Crippen LogP contribution in [-0.4, -0.2) is 99.3 Å². The predicted molar refractivity (Wildman–Crippen MR) is 123 cm³/mol. The van der Waals surface area contributed by atoms with Gasteiger partial charge in [-0.3, -0.25) is 14.4 Å². The van der Waals surface area contributed by atoms with Gasteiger partial charge < -0.3 is 14.7 Å². The second kappa shape index (κ2) is 8.87. The predicted octanol–water partition coefficient (Wildman–Crippen LogP) is 0.883. The Labute approximate surface area is 191 Å². The average Bonchev–Trinajstić information content (AvgIpc) is 3.21. The van der Waals surface area contributed by atoms with E-state index in [0.717, 1.165) is 61.9 Å². The van der Waals surface area contributed by atoms with E-state index in [-0.39, 0.29) is 5.91 Å². The Morgan fingerprint density at radius 2 is 1.69 bits per heavy atom. The summed E-state index contributed by atoms with van der Waals surface area (Å²) in [7, 11) is 1.88. The van der Waals surface area contributed by atoms with Crippen LogP contribution < -0.4 is 9.80 Å². The lowest BCUT2D eigenvalue weighted by Crippen LogP contribution is -2.54. The van der Waals surface area contributed by atoms with Crippen LogP contribution >= 0.6 is 11.6 Å². The number of fused-ring (bicyclic) bond motifs is 1. The molecule has 0 spiro atoms. The van der Waals surface area contributed by atoms with Gasteiger partial charge in [0, 0.05) is 65.6 Å². The van der Waals surface area contributed by atoms with E-state index in [9.17, 15) is 4.79 Å². The van der Waals surface area contributed by atoms with Crippen LogP contribution in [0.25, 0.3) is 11.0 Å². The zero-order valence-electron chi connectivity index (χ0n) is 18.1. The molecule has 0 unspecified atom stereocenters. The summed E-state index contributed by atoms with van der Waals surface area (Å²) in [5, 5.41) is 5.88. The van der Waals surface area contributed by atoms with E-state index in [1.54, 1.807) is 23.4 Å². The molecule has 32 heavy (non-hydrogen) atoms. The van der Waals surface area contributed by atoms with Gasteiger partial charge in [-0.15, -0.1) is 0 Å². The van der Waals surface area contributed by atoms with Crippen molar-refractivity contribution in [3.63, 3.8) is 0 Å². The second-order valence-corrected chi connectivity index (χ2v) is 8.60. The molecular formula is C21H26ClN9O. The molecule has 0 bridgehead atoms. The highest BCUT2D eigenvalue weighted by Crippen LogP contribution is 2.23. The summed E-state index contributed by atoms with van der Waals surface area (Å²) < 4.78 is 1.75. The highest BCUT2D eigenvalue weighted by atomic mass is 35.5. The molecule has 0 radical (unpaired) electrons. The lowest BCUT2D eigenvalue weighted by Gasteiger charge is -2.38. The van der Waals surface area contributed by atoms with Crippen LogP contribution in [0.2, 0.25) is 5.02 Å². The van der Waals surface area contributed by atoms with Crippen LogP contribution in [0, 0.1) is 0 Å². The molecule has 11 heteroatoms. The van der Waals surface area contributed by atoms with Crippen LogP contribution in [-0.2, 0) is 11.8 Å². The summed E-state index contributed by atoms with van der Waals surface area (Å²) in [6.45, 7) is 6.74. The van der Waals surface area contributed by atoms with E-state index < -0.39 is 0 Å². The van der Waals surface area contributed by atoms with Crippen LogP contribution in [0.4, 0.5) is 11.6 Å². The van der Waals surface area contributed by atoms with E-state index in [0.29, 0.717) is 24.7 Å². The lowest BCUT2D eigenvalue weighted by molar-refractivity contribution is -0.132. The number of hydrogen-bond donors (Lipinski definition) is 0. The number of amides is 1. The molecule has 10 nitrogen and oxygen atoms in total. The van der Waals surface area contributed by atoms with Crippen molar-refractivity contribution in [2.75, 3.05) is 68.7 Å². The first-order chi connectivity index (χ1) is 15.6. The summed E-state index contributed by atoms with van der Waals surface area (Å²) in [6.07, 6.45) is 5.06. The number of nitrogens with zero attached hydrogens (tertiary/aromatic N) is 9. The average molecular weight is 456 g/mol. The molecule has 2 fully saturated rings. The highest BCUT2D eigenvalue weighted by Gasteiger charge is 2.26. The molecular weight excluding hydrogens is 430 g/mol. The van der Waals surface area contributed by atoms with Gasteiger partial charge in [-0.2, -0.15) is 5.10 Å². The van der Waals surface area contributed by atoms with Gasteiger partial charge in [0.25, 0.3) is 0 Å². The third kappa shape index (κ3) is 4.20. The maximum Gasteiger partial charge on any atom is 0.236 e. The third-order valence-corrected chi connectivity index (χ3v) is 6.43. The van der Waals surface area contributed by atoms with Crippen molar-refractivity contribution in [3.05, 3.63) is 35.9 Å². The molecule has 5 rings (SSSR count). The fraction of sp³-hybridized carbons (Fsp3) is 0.476. The molecule has 3 aromatic rings. The molecule has 0 aliphatic carbocycles. The Morgan fingerprint density at radius 3 is 2.41 bits per heavy atom. The van der Waals surface area contributed by atoms with Crippen molar-refractivity contribution in [2.45, 2.75) is 0 Å². The zero-order valence-corrected chi connectivity index (χ0v) is 18.8. The van der Waals surface area contributed by atoms with Gasteiger partial charge in [0.2, 0.25) is 5.91 Å². The van der Waals surface area contributed by atoms with E-state index in [4.69, 9.17) is 11.6 Å². The van der Waals surface area contributed by atoms with Crippen molar-refractivity contribution in [2.24, 2.45) is 7.05 Å². The van der Waals surface area contributed by atoms with Crippen molar-refractivity contribution in [1.82, 2.24) is 34.5 Å². The summed E-state index contributed by atoms with van der Waals surface area (Å²) >= 11 is 5.93. The number of carbonyl (C=O) groups is 1. The molecule has 0 aromatic carbocycles. The number of carbonyl (C=O) groups excluding carboxylic acids is 1. The van der Waals surface area contributed by atoms with Gasteiger partial charge in [-0.1, -0.05) is 11.6 Å². The van der Waals surface area contributed by atoms with Crippen molar-refractivity contribution in [3.8, 4) is 0 Å². The highest BCUT2D eigenvalue weighted by molar-refractivity contribution is 6.30. The number of halogens is 1. The number of aryl methyl sites for hydroxylation is 1. The Morgan fingerprint density at radius 1 is 0.938 bits per heavy atom. The van der Waals surface area contributed by atoms with Crippen LogP contribution in [0.5, 0.6) is 0 Å². The Bertz CT molecular complexity index is 1090. The summed E-state index contributed by atoms with van der Waals surface area (Å²) in [4.78, 5) is 34.7. The minimum absolute atomic E-state index is 0.192. The largest absolute Gasteiger partial charge is 0.354 e. The molecule has 3 aromatic heterocycles. The Hall–Kier alpha value is -2.98. The molecule has 2 aliphatic rings. The van der Waals surface area contributed by atoms with Crippen molar-refractivity contribution >= 4 is 40.2 Å². The third-order valence-electron chi connectivity index (χ3n) is 6.21.